The minimum Gasteiger partial charge on any atom is -0.465 e. The molecule has 1 N–H and O–H groups in total. The highest BCUT2D eigenvalue weighted by atomic mass is 16.4. The molecule has 5 heteroatoms. The van der Waals surface area contributed by atoms with Crippen LogP contribution in [0, 0.1) is 0 Å². The van der Waals surface area contributed by atoms with Gasteiger partial charge < -0.3 is 14.9 Å². The number of benzene rings is 1. The van der Waals surface area contributed by atoms with Crippen LogP contribution < -0.4 is 0 Å². The number of nitrogens with zero attached hydrogens (tertiary/aromatic N) is 3. The van der Waals surface area contributed by atoms with Gasteiger partial charge >= 0.3 is 6.09 Å². The maximum Gasteiger partial charge on any atom is 0.407 e. The number of rotatable bonds is 2. The molecule has 0 aliphatic carbocycles. The molecule has 2 aliphatic heterocycles. The molecule has 0 atom stereocenters. The van der Waals surface area contributed by atoms with Crippen molar-refractivity contribution in [3.05, 3.63) is 47.2 Å². The number of hydrogen-bond donors (Lipinski definition) is 1. The van der Waals surface area contributed by atoms with Crippen molar-refractivity contribution in [2.45, 2.75) is 19.4 Å². The normalized spacial score (nSPS) is 18.5. The lowest BCUT2D eigenvalue weighted by Crippen LogP contribution is -2.31. The number of hydrogen-bond acceptors (Lipinski definition) is 3. The van der Waals surface area contributed by atoms with Crippen LogP contribution >= 0.6 is 0 Å². The van der Waals surface area contributed by atoms with Crippen LogP contribution in [-0.4, -0.2) is 47.0 Å². The third-order valence-corrected chi connectivity index (χ3v) is 4.01. The van der Waals surface area contributed by atoms with Crippen molar-refractivity contribution in [3.63, 3.8) is 0 Å². The average Bonchev–Trinajstić information content (AvgIpc) is 2.72. The van der Waals surface area contributed by atoms with E-state index in [1.807, 2.05) is 24.4 Å². The van der Waals surface area contributed by atoms with E-state index in [9.17, 15) is 4.79 Å². The third kappa shape index (κ3) is 3.07. The maximum atomic E-state index is 11.1. The predicted molar refractivity (Wildman–Crippen MR) is 81.2 cm³/mol. The molecular weight excluding hydrogens is 266 g/mol. The molecule has 1 amide bonds. The lowest BCUT2D eigenvalue weighted by Gasteiger charge is -2.29. The second kappa shape index (κ2) is 5.99. The molecule has 21 heavy (non-hydrogen) atoms. The lowest BCUT2D eigenvalue weighted by molar-refractivity contribution is 0.146. The Labute approximate surface area is 124 Å². The molecule has 0 spiro atoms. The molecule has 0 saturated carbocycles. The standard InChI is InChI=1S/C16H19N3O2/c20-16(21)18-8-6-14-10-17-12-19(15(14)7-9-18)11-13-4-2-1-3-5-13/h1-5,10H,6-9,11-12H2,(H,20,21). The Morgan fingerprint density at radius 3 is 2.71 bits per heavy atom. The fourth-order valence-electron chi connectivity index (χ4n) is 2.89. The summed E-state index contributed by atoms with van der Waals surface area (Å²) in [5.74, 6) is 0. The van der Waals surface area contributed by atoms with E-state index >= 15 is 0 Å². The zero-order chi connectivity index (χ0) is 14.7. The number of amides is 1. The highest BCUT2D eigenvalue weighted by molar-refractivity contribution is 5.80. The Bertz CT molecular complexity index is 580. The summed E-state index contributed by atoms with van der Waals surface area (Å²) < 4.78 is 0. The van der Waals surface area contributed by atoms with Gasteiger partial charge in [0, 0.05) is 38.0 Å². The van der Waals surface area contributed by atoms with Gasteiger partial charge in [-0.2, -0.15) is 0 Å². The first-order valence-corrected chi connectivity index (χ1v) is 7.22. The van der Waals surface area contributed by atoms with Crippen LogP contribution in [0.1, 0.15) is 18.4 Å². The first kappa shape index (κ1) is 13.7. The topological polar surface area (TPSA) is 56.1 Å². The summed E-state index contributed by atoms with van der Waals surface area (Å²) in [5.41, 5.74) is 3.68. The van der Waals surface area contributed by atoms with Gasteiger partial charge in [-0.25, -0.2) is 4.79 Å². The van der Waals surface area contributed by atoms with Crippen LogP contribution in [-0.2, 0) is 6.54 Å². The smallest absolute Gasteiger partial charge is 0.407 e. The van der Waals surface area contributed by atoms with Gasteiger partial charge in [0.1, 0.15) is 6.67 Å². The predicted octanol–water partition coefficient (Wildman–Crippen LogP) is 2.56. The zero-order valence-electron chi connectivity index (χ0n) is 11.9. The van der Waals surface area contributed by atoms with Crippen LogP contribution in [0.5, 0.6) is 0 Å². The van der Waals surface area contributed by atoms with Crippen molar-refractivity contribution in [1.82, 2.24) is 9.80 Å². The van der Waals surface area contributed by atoms with E-state index in [-0.39, 0.29) is 0 Å². The van der Waals surface area contributed by atoms with Gasteiger partial charge in [-0.1, -0.05) is 30.3 Å². The summed E-state index contributed by atoms with van der Waals surface area (Å²) >= 11 is 0. The highest BCUT2D eigenvalue weighted by Gasteiger charge is 2.23. The van der Waals surface area contributed by atoms with Crippen LogP contribution in [0.4, 0.5) is 4.79 Å². The van der Waals surface area contributed by atoms with Gasteiger partial charge in [0.2, 0.25) is 0 Å². The molecule has 2 heterocycles. The molecular formula is C16H19N3O2. The summed E-state index contributed by atoms with van der Waals surface area (Å²) in [4.78, 5) is 19.3. The molecule has 0 aromatic heterocycles. The number of carbonyl (C=O) groups is 1. The van der Waals surface area contributed by atoms with Crippen LogP contribution in [0.2, 0.25) is 0 Å². The Morgan fingerprint density at radius 1 is 1.19 bits per heavy atom. The van der Waals surface area contributed by atoms with E-state index in [2.05, 4.69) is 22.0 Å². The van der Waals surface area contributed by atoms with Crippen molar-refractivity contribution >= 4 is 12.3 Å². The van der Waals surface area contributed by atoms with E-state index in [0.29, 0.717) is 19.8 Å². The van der Waals surface area contributed by atoms with E-state index in [4.69, 9.17) is 5.11 Å². The van der Waals surface area contributed by atoms with Gasteiger partial charge in [0.25, 0.3) is 0 Å². The number of aliphatic imine (C=N–C) groups is 1. The van der Waals surface area contributed by atoms with Crippen LogP contribution in [0.25, 0.3) is 0 Å². The van der Waals surface area contributed by atoms with Crippen molar-refractivity contribution in [2.24, 2.45) is 4.99 Å². The zero-order valence-corrected chi connectivity index (χ0v) is 11.9. The van der Waals surface area contributed by atoms with Crippen molar-refractivity contribution < 1.29 is 9.90 Å². The van der Waals surface area contributed by atoms with Crippen LogP contribution in [0.15, 0.2) is 46.6 Å². The molecule has 5 nitrogen and oxygen atoms in total. The Hall–Kier alpha value is -2.30. The van der Waals surface area contributed by atoms with Crippen molar-refractivity contribution in [1.29, 1.82) is 0 Å². The van der Waals surface area contributed by atoms with E-state index in [1.165, 1.54) is 21.7 Å². The molecule has 110 valence electrons. The quantitative estimate of drug-likeness (QED) is 0.908. The van der Waals surface area contributed by atoms with Gasteiger partial charge in [0.05, 0.1) is 0 Å². The van der Waals surface area contributed by atoms with Gasteiger partial charge in [-0.3, -0.25) is 4.99 Å². The summed E-state index contributed by atoms with van der Waals surface area (Å²) in [6, 6.07) is 10.3. The monoisotopic (exact) mass is 285 g/mol. The third-order valence-electron chi connectivity index (χ3n) is 4.01. The molecule has 1 aromatic carbocycles. The van der Waals surface area contributed by atoms with Gasteiger partial charge in [-0.15, -0.1) is 0 Å². The molecule has 3 rings (SSSR count). The summed E-state index contributed by atoms with van der Waals surface area (Å²) in [5, 5.41) is 9.16. The van der Waals surface area contributed by atoms with Crippen molar-refractivity contribution in [3.8, 4) is 0 Å². The summed E-state index contributed by atoms with van der Waals surface area (Å²) in [6.45, 7) is 2.59. The van der Waals surface area contributed by atoms with Gasteiger partial charge in [-0.05, 0) is 17.6 Å². The largest absolute Gasteiger partial charge is 0.465 e. The second-order valence-electron chi connectivity index (χ2n) is 5.38. The Balaban J connectivity index is 1.76. The van der Waals surface area contributed by atoms with Crippen molar-refractivity contribution in [2.75, 3.05) is 19.8 Å². The first-order chi connectivity index (χ1) is 10.2. The molecule has 0 saturated heterocycles. The fraction of sp³-hybridized carbons (Fsp3) is 0.375. The molecule has 0 radical (unpaired) electrons. The minimum atomic E-state index is -0.832. The lowest BCUT2D eigenvalue weighted by atomic mass is 10.1. The van der Waals surface area contributed by atoms with E-state index in [1.54, 1.807) is 0 Å². The Morgan fingerprint density at radius 2 is 1.95 bits per heavy atom. The minimum absolute atomic E-state index is 0.555. The highest BCUT2D eigenvalue weighted by Crippen LogP contribution is 2.25. The first-order valence-electron chi connectivity index (χ1n) is 7.22. The van der Waals surface area contributed by atoms with E-state index in [0.717, 1.165) is 19.4 Å². The number of carboxylic acid groups (broad SMARTS) is 1. The summed E-state index contributed by atoms with van der Waals surface area (Å²) in [7, 11) is 0. The SMILES string of the molecule is O=C(O)N1CCC2=C(CC1)N(Cc1ccccc1)CN=C2. The Kier molecular flexibility index (Phi) is 3.90. The van der Waals surface area contributed by atoms with Crippen LogP contribution in [0.3, 0.4) is 0 Å². The molecule has 0 fully saturated rings. The van der Waals surface area contributed by atoms with Gasteiger partial charge in [0.15, 0.2) is 0 Å². The molecule has 2 aliphatic rings. The summed E-state index contributed by atoms with van der Waals surface area (Å²) in [6.07, 6.45) is 2.60. The second-order valence-corrected chi connectivity index (χ2v) is 5.38. The fourth-order valence-corrected chi connectivity index (χ4v) is 2.89. The molecule has 0 unspecified atom stereocenters. The molecule has 0 bridgehead atoms. The maximum absolute atomic E-state index is 11.1. The molecule has 1 aromatic rings. The average molecular weight is 285 g/mol. The van der Waals surface area contributed by atoms with E-state index < -0.39 is 6.09 Å².